The summed E-state index contributed by atoms with van der Waals surface area (Å²) in [7, 11) is 1.93. The summed E-state index contributed by atoms with van der Waals surface area (Å²) in [5.41, 5.74) is 0.582. The Kier molecular flexibility index (Phi) is 7.74. The summed E-state index contributed by atoms with van der Waals surface area (Å²) in [6.45, 7) is 1.93. The third kappa shape index (κ3) is 7.14. The van der Waals surface area contributed by atoms with Crippen molar-refractivity contribution in [2.45, 2.75) is 6.10 Å². The number of ether oxygens (including phenoxy) is 2. The summed E-state index contributed by atoms with van der Waals surface area (Å²) in [4.78, 5) is 1.99. The molecule has 6 heteroatoms. The Labute approximate surface area is 156 Å². The molecule has 0 saturated heterocycles. The number of hydrogen-bond donors (Lipinski definition) is 1. The second-order valence-electron chi connectivity index (χ2n) is 5.67. The van der Waals surface area contributed by atoms with E-state index in [0.717, 1.165) is 10.2 Å². The number of benzene rings is 2. The largest absolute Gasteiger partial charge is 0.492 e. The number of aliphatic hydroxyl groups is 1. The van der Waals surface area contributed by atoms with Crippen LogP contribution in [0, 0.1) is 11.3 Å². The van der Waals surface area contributed by atoms with Gasteiger partial charge in [0.15, 0.2) is 0 Å². The highest BCUT2D eigenvalue weighted by molar-refractivity contribution is 9.10. The van der Waals surface area contributed by atoms with Gasteiger partial charge >= 0.3 is 0 Å². The maximum absolute atomic E-state index is 10.1. The Bertz CT molecular complexity index is 683. The van der Waals surface area contributed by atoms with E-state index in [-0.39, 0.29) is 6.61 Å². The molecule has 2 rings (SSSR count). The highest BCUT2D eigenvalue weighted by Gasteiger charge is 2.09. The lowest BCUT2D eigenvalue weighted by molar-refractivity contribution is 0.0723. The van der Waals surface area contributed by atoms with Crippen LogP contribution in [0.5, 0.6) is 11.5 Å². The smallest absolute Gasteiger partial charge is 0.119 e. The predicted octanol–water partition coefficient (Wildman–Crippen LogP) is 3.07. The summed E-state index contributed by atoms with van der Waals surface area (Å²) >= 11 is 3.39. The molecule has 0 spiro atoms. The first-order valence-corrected chi connectivity index (χ1v) is 8.74. The molecule has 0 aromatic heterocycles. The van der Waals surface area contributed by atoms with Gasteiger partial charge in [0.05, 0.1) is 11.6 Å². The summed E-state index contributed by atoms with van der Waals surface area (Å²) in [6, 6.07) is 16.6. The van der Waals surface area contributed by atoms with Gasteiger partial charge in [0, 0.05) is 17.6 Å². The maximum atomic E-state index is 10.1. The minimum absolute atomic E-state index is 0.198. The van der Waals surface area contributed by atoms with Crippen molar-refractivity contribution in [2.24, 2.45) is 0 Å². The van der Waals surface area contributed by atoms with E-state index in [1.54, 1.807) is 24.3 Å². The van der Waals surface area contributed by atoms with E-state index in [4.69, 9.17) is 14.7 Å². The van der Waals surface area contributed by atoms with Gasteiger partial charge in [-0.3, -0.25) is 0 Å². The minimum atomic E-state index is -0.603. The molecule has 2 aromatic rings. The van der Waals surface area contributed by atoms with Crippen LogP contribution in [0.1, 0.15) is 5.56 Å². The van der Waals surface area contributed by atoms with Gasteiger partial charge in [-0.15, -0.1) is 0 Å². The zero-order valence-corrected chi connectivity index (χ0v) is 15.6. The molecule has 0 heterocycles. The molecule has 0 unspecified atom stereocenters. The van der Waals surface area contributed by atoms with Gasteiger partial charge < -0.3 is 19.5 Å². The molecule has 0 saturated carbocycles. The zero-order chi connectivity index (χ0) is 18.1. The molecule has 1 N–H and O–H groups in total. The van der Waals surface area contributed by atoms with Crippen molar-refractivity contribution in [1.82, 2.24) is 4.90 Å². The van der Waals surface area contributed by atoms with E-state index in [1.165, 1.54) is 0 Å². The Morgan fingerprint density at radius 2 is 1.68 bits per heavy atom. The molecule has 25 heavy (non-hydrogen) atoms. The van der Waals surface area contributed by atoms with Gasteiger partial charge in [-0.05, 0) is 55.6 Å². The SMILES string of the molecule is CN(CCOc1ccc(Br)cc1)C[C@@H](O)COc1ccc(C#N)cc1. The van der Waals surface area contributed by atoms with Crippen molar-refractivity contribution in [2.75, 3.05) is 33.4 Å². The quantitative estimate of drug-likeness (QED) is 0.695. The molecule has 132 valence electrons. The van der Waals surface area contributed by atoms with Crippen molar-refractivity contribution in [3.63, 3.8) is 0 Å². The van der Waals surface area contributed by atoms with Gasteiger partial charge in [-0.2, -0.15) is 5.26 Å². The van der Waals surface area contributed by atoms with Crippen LogP contribution in [0.3, 0.4) is 0 Å². The van der Waals surface area contributed by atoms with Crippen LogP contribution >= 0.6 is 15.9 Å². The van der Waals surface area contributed by atoms with Gasteiger partial charge in [0.1, 0.15) is 30.8 Å². The van der Waals surface area contributed by atoms with E-state index in [2.05, 4.69) is 22.0 Å². The molecule has 0 fully saturated rings. The summed E-state index contributed by atoms with van der Waals surface area (Å²) in [5, 5.41) is 18.8. The monoisotopic (exact) mass is 404 g/mol. The van der Waals surface area contributed by atoms with Crippen molar-refractivity contribution in [3.8, 4) is 17.6 Å². The minimum Gasteiger partial charge on any atom is -0.492 e. The van der Waals surface area contributed by atoms with E-state index < -0.39 is 6.10 Å². The Balaban J connectivity index is 1.64. The molecule has 2 aromatic carbocycles. The first-order valence-electron chi connectivity index (χ1n) is 7.95. The van der Waals surface area contributed by atoms with Crippen LogP contribution in [-0.2, 0) is 0 Å². The Morgan fingerprint density at radius 1 is 1.08 bits per heavy atom. The normalized spacial score (nSPS) is 11.8. The first kappa shape index (κ1) is 19.3. The molecule has 0 aliphatic heterocycles. The van der Waals surface area contributed by atoms with Crippen molar-refractivity contribution in [3.05, 3.63) is 58.6 Å². The average molecular weight is 405 g/mol. The number of aliphatic hydroxyl groups excluding tert-OH is 1. The summed E-state index contributed by atoms with van der Waals surface area (Å²) in [6.07, 6.45) is -0.603. The molecule has 0 aliphatic carbocycles. The lowest BCUT2D eigenvalue weighted by Crippen LogP contribution is -2.35. The Morgan fingerprint density at radius 3 is 2.32 bits per heavy atom. The second-order valence-corrected chi connectivity index (χ2v) is 6.58. The number of nitrogens with zero attached hydrogens (tertiary/aromatic N) is 2. The van der Waals surface area contributed by atoms with Crippen molar-refractivity contribution >= 4 is 15.9 Å². The lowest BCUT2D eigenvalue weighted by Gasteiger charge is -2.21. The number of rotatable bonds is 9. The van der Waals surface area contributed by atoms with Gasteiger partial charge in [-0.1, -0.05) is 15.9 Å². The number of halogens is 1. The fourth-order valence-electron chi connectivity index (χ4n) is 2.17. The molecule has 5 nitrogen and oxygen atoms in total. The van der Waals surface area contributed by atoms with Crippen LogP contribution in [0.4, 0.5) is 0 Å². The van der Waals surface area contributed by atoms with Gasteiger partial charge in [-0.25, -0.2) is 0 Å². The second kappa shape index (κ2) is 10.0. The van der Waals surface area contributed by atoms with E-state index in [1.807, 2.05) is 36.2 Å². The average Bonchev–Trinajstić information content (AvgIpc) is 2.62. The van der Waals surface area contributed by atoms with Crippen LogP contribution in [0.15, 0.2) is 53.0 Å². The molecule has 0 radical (unpaired) electrons. The van der Waals surface area contributed by atoms with Crippen LogP contribution in [0.2, 0.25) is 0 Å². The summed E-state index contributed by atoms with van der Waals surface area (Å²) < 4.78 is 12.2. The predicted molar refractivity (Wildman–Crippen MR) is 99.8 cm³/mol. The summed E-state index contributed by atoms with van der Waals surface area (Å²) in [5.74, 6) is 1.46. The first-order chi connectivity index (χ1) is 12.1. The highest BCUT2D eigenvalue weighted by atomic mass is 79.9. The van der Waals surface area contributed by atoms with Crippen LogP contribution in [-0.4, -0.2) is 49.5 Å². The molecule has 0 aliphatic rings. The topological polar surface area (TPSA) is 65.7 Å². The highest BCUT2D eigenvalue weighted by Crippen LogP contribution is 2.16. The Hall–Kier alpha value is -2.07. The van der Waals surface area contributed by atoms with Crippen LogP contribution < -0.4 is 9.47 Å². The van der Waals surface area contributed by atoms with Crippen molar-refractivity contribution < 1.29 is 14.6 Å². The van der Waals surface area contributed by atoms with E-state index >= 15 is 0 Å². The standard InChI is InChI=1S/C19H21BrN2O3/c1-22(10-11-24-18-8-4-16(20)5-9-18)13-17(23)14-25-19-6-2-15(12-21)3-7-19/h2-9,17,23H,10-11,13-14H2,1H3/t17-/m1/s1. The third-order valence-electron chi connectivity index (χ3n) is 3.50. The lowest BCUT2D eigenvalue weighted by atomic mass is 10.2. The number of hydrogen-bond acceptors (Lipinski definition) is 5. The molecular formula is C19H21BrN2O3. The molecule has 1 atom stereocenters. The third-order valence-corrected chi connectivity index (χ3v) is 4.03. The van der Waals surface area contributed by atoms with E-state index in [9.17, 15) is 5.11 Å². The molecule has 0 amide bonds. The molecular weight excluding hydrogens is 384 g/mol. The van der Waals surface area contributed by atoms with Gasteiger partial charge in [0.2, 0.25) is 0 Å². The number of nitriles is 1. The van der Waals surface area contributed by atoms with E-state index in [0.29, 0.717) is 31.0 Å². The van der Waals surface area contributed by atoms with Gasteiger partial charge in [0.25, 0.3) is 0 Å². The van der Waals surface area contributed by atoms with Crippen molar-refractivity contribution in [1.29, 1.82) is 5.26 Å². The zero-order valence-electron chi connectivity index (χ0n) is 14.1. The number of likely N-dealkylation sites (N-methyl/N-ethyl adjacent to an activating group) is 1. The fraction of sp³-hybridized carbons (Fsp3) is 0.316. The fourth-order valence-corrected chi connectivity index (χ4v) is 2.44. The molecule has 0 bridgehead atoms. The van der Waals surface area contributed by atoms with Crippen LogP contribution in [0.25, 0.3) is 0 Å². The maximum Gasteiger partial charge on any atom is 0.119 e.